The second-order valence-electron chi connectivity index (χ2n) is 10.8. The Kier molecular flexibility index (Phi) is 5.08. The van der Waals surface area contributed by atoms with E-state index in [4.69, 9.17) is 9.47 Å². The first-order valence-corrected chi connectivity index (χ1v) is 11.2. The van der Waals surface area contributed by atoms with Crippen molar-refractivity contribution in [3.05, 3.63) is 29.8 Å². The predicted molar refractivity (Wildman–Crippen MR) is 111 cm³/mol. The SMILES string of the molecule is CCOC(Oc1ccc(C(C)C(C)(C)C)cc1)C12CC3CC(CC(C3)C1)C2. The Labute approximate surface area is 166 Å². The Morgan fingerprint density at radius 3 is 1.93 bits per heavy atom. The van der Waals surface area contributed by atoms with E-state index in [2.05, 4.69) is 58.9 Å². The largest absolute Gasteiger partial charge is 0.464 e. The van der Waals surface area contributed by atoms with Crippen LogP contribution in [0.5, 0.6) is 5.75 Å². The molecule has 0 radical (unpaired) electrons. The van der Waals surface area contributed by atoms with Gasteiger partial charge in [-0.1, -0.05) is 39.8 Å². The molecule has 2 heteroatoms. The van der Waals surface area contributed by atoms with E-state index in [1.165, 1.54) is 44.1 Å². The van der Waals surface area contributed by atoms with Crippen molar-refractivity contribution >= 4 is 0 Å². The van der Waals surface area contributed by atoms with Gasteiger partial charge in [0, 0.05) is 12.0 Å². The zero-order valence-electron chi connectivity index (χ0n) is 18.0. The lowest BCUT2D eigenvalue weighted by Gasteiger charge is -2.58. The van der Waals surface area contributed by atoms with E-state index in [0.29, 0.717) is 5.92 Å². The fourth-order valence-electron chi connectivity index (χ4n) is 6.41. The molecule has 0 spiro atoms. The first kappa shape index (κ1) is 19.3. The molecule has 150 valence electrons. The summed E-state index contributed by atoms with van der Waals surface area (Å²) in [7, 11) is 0. The Hall–Kier alpha value is -1.02. The van der Waals surface area contributed by atoms with Crippen molar-refractivity contribution in [3.63, 3.8) is 0 Å². The second kappa shape index (κ2) is 7.10. The highest BCUT2D eigenvalue weighted by molar-refractivity contribution is 5.30. The Bertz CT molecular complexity index is 604. The first-order valence-electron chi connectivity index (χ1n) is 11.2. The van der Waals surface area contributed by atoms with E-state index in [1.54, 1.807) is 0 Å². The molecule has 4 aliphatic carbocycles. The molecule has 2 nitrogen and oxygen atoms in total. The van der Waals surface area contributed by atoms with E-state index < -0.39 is 0 Å². The number of hydrogen-bond acceptors (Lipinski definition) is 2. The van der Waals surface area contributed by atoms with E-state index in [-0.39, 0.29) is 17.1 Å². The normalized spacial score (nSPS) is 34.5. The summed E-state index contributed by atoms with van der Waals surface area (Å²) in [5.41, 5.74) is 1.91. The first-order chi connectivity index (χ1) is 12.8. The van der Waals surface area contributed by atoms with Gasteiger partial charge in [-0.3, -0.25) is 0 Å². The van der Waals surface area contributed by atoms with Gasteiger partial charge in [-0.25, -0.2) is 0 Å². The highest BCUT2D eigenvalue weighted by Crippen LogP contribution is 2.61. The molecule has 0 aliphatic heterocycles. The van der Waals surface area contributed by atoms with Crippen LogP contribution in [0.3, 0.4) is 0 Å². The van der Waals surface area contributed by atoms with Gasteiger partial charge in [0.2, 0.25) is 6.29 Å². The average Bonchev–Trinajstić information content (AvgIpc) is 2.59. The van der Waals surface area contributed by atoms with Crippen molar-refractivity contribution in [2.75, 3.05) is 6.61 Å². The molecular formula is C25H38O2. The minimum absolute atomic E-state index is 0.0817. The van der Waals surface area contributed by atoms with Crippen molar-refractivity contribution in [3.8, 4) is 5.75 Å². The highest BCUT2D eigenvalue weighted by atomic mass is 16.7. The number of benzene rings is 1. The summed E-state index contributed by atoms with van der Waals surface area (Å²) in [5, 5.41) is 0. The summed E-state index contributed by atoms with van der Waals surface area (Å²) in [6.45, 7) is 12.1. The molecule has 0 saturated heterocycles. The molecule has 27 heavy (non-hydrogen) atoms. The van der Waals surface area contributed by atoms with E-state index in [0.717, 1.165) is 30.1 Å². The lowest BCUT2D eigenvalue weighted by molar-refractivity contribution is -0.213. The van der Waals surface area contributed by atoms with E-state index in [9.17, 15) is 0 Å². The van der Waals surface area contributed by atoms with Crippen LogP contribution in [-0.4, -0.2) is 12.9 Å². The molecule has 4 bridgehead atoms. The lowest BCUT2D eigenvalue weighted by atomic mass is 9.49. The van der Waals surface area contributed by atoms with Gasteiger partial charge in [-0.2, -0.15) is 0 Å². The van der Waals surface area contributed by atoms with Crippen LogP contribution in [-0.2, 0) is 4.74 Å². The molecule has 0 amide bonds. The Balaban J connectivity index is 1.51. The topological polar surface area (TPSA) is 18.5 Å². The Morgan fingerprint density at radius 1 is 0.963 bits per heavy atom. The summed E-state index contributed by atoms with van der Waals surface area (Å²) in [6.07, 6.45) is 8.21. The molecule has 5 rings (SSSR count). The van der Waals surface area contributed by atoms with Gasteiger partial charge in [-0.15, -0.1) is 0 Å². The summed E-state index contributed by atoms with van der Waals surface area (Å²) < 4.78 is 12.8. The standard InChI is InChI=1S/C25H38O2/c1-6-26-23(25-14-18-11-19(15-25)13-20(12-18)16-25)27-22-9-7-21(8-10-22)17(2)24(3,4)5/h7-10,17-20,23H,6,11-16H2,1-5H3. The van der Waals surface area contributed by atoms with Crippen LogP contribution >= 0.6 is 0 Å². The monoisotopic (exact) mass is 370 g/mol. The third-order valence-electron chi connectivity index (χ3n) is 7.83. The third-order valence-corrected chi connectivity index (χ3v) is 7.83. The zero-order chi connectivity index (χ0) is 19.2. The molecule has 0 heterocycles. The van der Waals surface area contributed by atoms with Crippen molar-refractivity contribution in [2.45, 2.75) is 85.4 Å². The van der Waals surface area contributed by atoms with E-state index in [1.807, 2.05) is 0 Å². The van der Waals surface area contributed by atoms with Crippen LogP contribution in [0.4, 0.5) is 0 Å². The van der Waals surface area contributed by atoms with Gasteiger partial charge >= 0.3 is 0 Å². The molecule has 0 N–H and O–H groups in total. The van der Waals surface area contributed by atoms with Gasteiger partial charge in [0.05, 0.1) is 0 Å². The van der Waals surface area contributed by atoms with Crippen molar-refractivity contribution in [1.82, 2.24) is 0 Å². The maximum Gasteiger partial charge on any atom is 0.205 e. The maximum atomic E-state index is 6.54. The van der Waals surface area contributed by atoms with E-state index >= 15 is 0 Å². The molecule has 4 fully saturated rings. The third kappa shape index (κ3) is 3.79. The smallest absolute Gasteiger partial charge is 0.205 e. The quantitative estimate of drug-likeness (QED) is 0.513. The van der Waals surface area contributed by atoms with Gasteiger partial charge in [0.25, 0.3) is 0 Å². The van der Waals surface area contributed by atoms with Crippen molar-refractivity contribution in [1.29, 1.82) is 0 Å². The molecular weight excluding hydrogens is 332 g/mol. The Morgan fingerprint density at radius 2 is 1.48 bits per heavy atom. The summed E-state index contributed by atoms with van der Waals surface area (Å²) in [5.74, 6) is 4.24. The van der Waals surface area contributed by atoms with Crippen LogP contribution in [0.25, 0.3) is 0 Å². The van der Waals surface area contributed by atoms with Crippen molar-refractivity contribution < 1.29 is 9.47 Å². The highest BCUT2D eigenvalue weighted by Gasteiger charge is 2.55. The fraction of sp³-hybridized carbons (Fsp3) is 0.760. The molecule has 4 aliphatic rings. The van der Waals surface area contributed by atoms with Gasteiger partial charge in [-0.05, 0) is 92.2 Å². The fourth-order valence-corrected chi connectivity index (χ4v) is 6.41. The minimum atomic E-state index is -0.0817. The summed E-state index contributed by atoms with van der Waals surface area (Å²) in [6, 6.07) is 8.80. The number of ether oxygens (including phenoxy) is 2. The van der Waals surface area contributed by atoms with Crippen LogP contribution in [0, 0.1) is 28.6 Å². The maximum absolute atomic E-state index is 6.54. The van der Waals surface area contributed by atoms with Crippen molar-refractivity contribution in [2.24, 2.45) is 28.6 Å². The average molecular weight is 371 g/mol. The van der Waals surface area contributed by atoms with Crippen LogP contribution in [0.2, 0.25) is 0 Å². The van der Waals surface area contributed by atoms with Crippen LogP contribution in [0.1, 0.15) is 84.6 Å². The lowest BCUT2D eigenvalue weighted by Crippen LogP contribution is -2.54. The molecule has 1 aromatic carbocycles. The van der Waals surface area contributed by atoms with Crippen LogP contribution in [0.15, 0.2) is 24.3 Å². The van der Waals surface area contributed by atoms with Crippen LogP contribution < -0.4 is 4.74 Å². The molecule has 4 saturated carbocycles. The predicted octanol–water partition coefficient (Wildman–Crippen LogP) is 6.79. The molecule has 2 unspecified atom stereocenters. The summed E-state index contributed by atoms with van der Waals surface area (Å²) in [4.78, 5) is 0. The second-order valence-corrected chi connectivity index (χ2v) is 10.8. The van der Waals surface area contributed by atoms with Gasteiger partial charge in [0.1, 0.15) is 5.75 Å². The zero-order valence-corrected chi connectivity index (χ0v) is 18.0. The number of rotatable bonds is 6. The minimum Gasteiger partial charge on any atom is -0.464 e. The summed E-state index contributed by atoms with van der Waals surface area (Å²) >= 11 is 0. The number of hydrogen-bond donors (Lipinski definition) is 0. The van der Waals surface area contributed by atoms with Gasteiger partial charge < -0.3 is 9.47 Å². The molecule has 0 aromatic heterocycles. The molecule has 2 atom stereocenters. The van der Waals surface area contributed by atoms with Gasteiger partial charge in [0.15, 0.2) is 0 Å². The molecule has 1 aromatic rings.